The second kappa shape index (κ2) is 7.08. The number of nitrogens with two attached hydrogens (primary N) is 1. The molecular weight excluding hydrogens is 314 g/mol. The van der Waals surface area contributed by atoms with Crippen LogP contribution in [0.4, 0.5) is 0 Å². The lowest BCUT2D eigenvalue weighted by atomic mass is 9.95. The highest BCUT2D eigenvalue weighted by atomic mass is 32.2. The number of rotatable bonds is 5. The quantitative estimate of drug-likeness (QED) is 0.642. The van der Waals surface area contributed by atoms with Gasteiger partial charge in [-0.15, -0.1) is 10.2 Å². The lowest BCUT2D eigenvalue weighted by molar-refractivity contribution is -0.121. The van der Waals surface area contributed by atoms with Gasteiger partial charge >= 0.3 is 0 Å². The van der Waals surface area contributed by atoms with Crippen molar-refractivity contribution in [1.82, 2.24) is 20.2 Å². The molecule has 3 rings (SSSR count). The number of nitrogens with one attached hydrogen (secondary N) is 1. The Morgan fingerprint density at radius 2 is 2.22 bits per heavy atom. The van der Waals surface area contributed by atoms with Gasteiger partial charge in [-0.3, -0.25) is 4.79 Å². The summed E-state index contributed by atoms with van der Waals surface area (Å²) in [5, 5.41) is 11.4. The Balaban J connectivity index is 1.61. The predicted octanol–water partition coefficient (Wildman–Crippen LogP) is 2.18. The van der Waals surface area contributed by atoms with Gasteiger partial charge in [0.15, 0.2) is 5.76 Å². The maximum atomic E-state index is 12.3. The summed E-state index contributed by atoms with van der Waals surface area (Å²) in [6, 6.07) is 3.83. The van der Waals surface area contributed by atoms with E-state index in [0.29, 0.717) is 22.8 Å². The summed E-state index contributed by atoms with van der Waals surface area (Å²) in [6.45, 7) is 1.85. The number of nitrogens with zero attached hydrogens (tertiary/aromatic N) is 3. The number of carbonyl (C=O) groups excluding carboxylic acids is 1. The number of amides is 1. The zero-order chi connectivity index (χ0) is 16.2. The van der Waals surface area contributed by atoms with Gasteiger partial charge in [0.05, 0.1) is 11.5 Å². The van der Waals surface area contributed by atoms with Gasteiger partial charge in [-0.25, -0.2) is 4.68 Å². The standard InChI is InChI=1S/C15H21N5O2S/c1-10(14(21)17-11-6-3-2-4-7-11)23-15-19-18-13(20(15)16)12-8-5-9-22-12/h5,8-11H,2-4,6-7,16H2,1H3,(H,17,21)/t10-/m1/s1. The first kappa shape index (κ1) is 15.9. The molecule has 23 heavy (non-hydrogen) atoms. The van der Waals surface area contributed by atoms with Gasteiger partial charge in [-0.1, -0.05) is 31.0 Å². The summed E-state index contributed by atoms with van der Waals surface area (Å²) >= 11 is 1.30. The van der Waals surface area contributed by atoms with Crippen molar-refractivity contribution in [2.45, 2.75) is 55.5 Å². The van der Waals surface area contributed by atoms with E-state index in [1.165, 1.54) is 35.7 Å². The third kappa shape index (κ3) is 3.69. The van der Waals surface area contributed by atoms with Crippen LogP contribution in [-0.4, -0.2) is 32.1 Å². The molecule has 0 aliphatic heterocycles. The van der Waals surface area contributed by atoms with Crippen molar-refractivity contribution < 1.29 is 9.21 Å². The van der Waals surface area contributed by atoms with Crippen molar-refractivity contribution in [3.8, 4) is 11.6 Å². The number of hydrogen-bond donors (Lipinski definition) is 2. The van der Waals surface area contributed by atoms with E-state index in [1.807, 2.05) is 6.92 Å². The zero-order valence-electron chi connectivity index (χ0n) is 13.1. The van der Waals surface area contributed by atoms with E-state index in [9.17, 15) is 4.79 Å². The Hall–Kier alpha value is -1.96. The van der Waals surface area contributed by atoms with Crippen molar-refractivity contribution in [2.75, 3.05) is 5.84 Å². The van der Waals surface area contributed by atoms with Gasteiger partial charge in [-0.2, -0.15) is 0 Å². The summed E-state index contributed by atoms with van der Waals surface area (Å²) in [5.41, 5.74) is 0. The summed E-state index contributed by atoms with van der Waals surface area (Å²) in [4.78, 5) is 12.3. The van der Waals surface area contributed by atoms with Gasteiger partial charge in [-0.05, 0) is 31.9 Å². The lowest BCUT2D eigenvalue weighted by Crippen LogP contribution is -2.40. The van der Waals surface area contributed by atoms with Gasteiger partial charge in [0.2, 0.25) is 16.9 Å². The van der Waals surface area contributed by atoms with Crippen molar-refractivity contribution in [2.24, 2.45) is 0 Å². The van der Waals surface area contributed by atoms with Crippen LogP contribution in [0.5, 0.6) is 0 Å². The van der Waals surface area contributed by atoms with Crippen LogP contribution >= 0.6 is 11.8 Å². The molecule has 1 fully saturated rings. The first-order valence-electron chi connectivity index (χ1n) is 7.86. The van der Waals surface area contributed by atoms with E-state index in [-0.39, 0.29) is 11.2 Å². The molecule has 124 valence electrons. The number of furan rings is 1. The molecule has 1 amide bonds. The minimum absolute atomic E-state index is 0.0180. The van der Waals surface area contributed by atoms with E-state index in [0.717, 1.165) is 12.8 Å². The van der Waals surface area contributed by atoms with Gasteiger partial charge < -0.3 is 15.6 Å². The minimum atomic E-state index is -0.284. The fourth-order valence-electron chi connectivity index (χ4n) is 2.71. The second-order valence-electron chi connectivity index (χ2n) is 5.76. The maximum Gasteiger partial charge on any atom is 0.233 e. The molecule has 3 N–H and O–H groups in total. The first-order chi connectivity index (χ1) is 11.1. The molecular formula is C15H21N5O2S. The third-order valence-corrected chi connectivity index (χ3v) is 5.07. The number of nitrogen functional groups attached to an aromatic ring is 1. The number of thioether (sulfide) groups is 1. The third-order valence-electron chi connectivity index (χ3n) is 4.01. The highest BCUT2D eigenvalue weighted by molar-refractivity contribution is 8.00. The fourth-order valence-corrected chi connectivity index (χ4v) is 3.49. The molecule has 0 aromatic carbocycles. The van der Waals surface area contributed by atoms with E-state index >= 15 is 0 Å². The predicted molar refractivity (Wildman–Crippen MR) is 88.2 cm³/mol. The second-order valence-corrected chi connectivity index (χ2v) is 7.07. The van der Waals surface area contributed by atoms with Crippen LogP contribution in [0.2, 0.25) is 0 Å². The smallest absolute Gasteiger partial charge is 0.233 e. The maximum absolute atomic E-state index is 12.3. The molecule has 0 bridgehead atoms. The number of carbonyl (C=O) groups is 1. The Bertz CT molecular complexity index is 649. The SMILES string of the molecule is C[C@@H](Sc1nnc(-c2ccco2)n1N)C(=O)NC1CCCCC1. The normalized spacial score (nSPS) is 17.1. The number of aromatic nitrogens is 3. The first-order valence-corrected chi connectivity index (χ1v) is 8.74. The van der Waals surface area contributed by atoms with Crippen molar-refractivity contribution in [3.63, 3.8) is 0 Å². The molecule has 2 heterocycles. The van der Waals surface area contributed by atoms with Crippen LogP contribution in [0.25, 0.3) is 11.6 Å². The summed E-state index contributed by atoms with van der Waals surface area (Å²) < 4.78 is 6.63. The van der Waals surface area contributed by atoms with Crippen LogP contribution in [-0.2, 0) is 4.79 Å². The molecule has 1 atom stereocenters. The molecule has 1 aliphatic carbocycles. The molecule has 0 spiro atoms. The highest BCUT2D eigenvalue weighted by Gasteiger charge is 2.23. The monoisotopic (exact) mass is 335 g/mol. The van der Waals surface area contributed by atoms with E-state index in [4.69, 9.17) is 10.3 Å². The van der Waals surface area contributed by atoms with Gasteiger partial charge in [0, 0.05) is 6.04 Å². The van der Waals surface area contributed by atoms with Crippen molar-refractivity contribution in [1.29, 1.82) is 0 Å². The fraction of sp³-hybridized carbons (Fsp3) is 0.533. The lowest BCUT2D eigenvalue weighted by Gasteiger charge is -2.24. The van der Waals surface area contributed by atoms with Crippen LogP contribution in [0.1, 0.15) is 39.0 Å². The Morgan fingerprint density at radius 1 is 1.43 bits per heavy atom. The topological polar surface area (TPSA) is 99.0 Å². The largest absolute Gasteiger partial charge is 0.461 e. The molecule has 2 aromatic heterocycles. The highest BCUT2D eigenvalue weighted by Crippen LogP contribution is 2.25. The Kier molecular flexibility index (Phi) is 4.90. The molecule has 7 nitrogen and oxygen atoms in total. The molecule has 1 saturated carbocycles. The molecule has 8 heteroatoms. The molecule has 2 aromatic rings. The Morgan fingerprint density at radius 3 is 2.91 bits per heavy atom. The average Bonchev–Trinajstić information content (AvgIpc) is 3.19. The van der Waals surface area contributed by atoms with Crippen molar-refractivity contribution >= 4 is 17.7 Å². The van der Waals surface area contributed by atoms with Crippen molar-refractivity contribution in [3.05, 3.63) is 18.4 Å². The average molecular weight is 335 g/mol. The van der Waals surface area contributed by atoms with Gasteiger partial charge in [0.1, 0.15) is 0 Å². The van der Waals surface area contributed by atoms with Crippen LogP contribution in [0.15, 0.2) is 28.0 Å². The Labute approximate surface area is 139 Å². The minimum Gasteiger partial charge on any atom is -0.461 e. The van der Waals surface area contributed by atoms with E-state index in [2.05, 4.69) is 15.5 Å². The molecule has 0 unspecified atom stereocenters. The van der Waals surface area contributed by atoms with Crippen LogP contribution in [0.3, 0.4) is 0 Å². The number of hydrogen-bond acceptors (Lipinski definition) is 6. The summed E-state index contributed by atoms with van der Waals surface area (Å²) in [6.07, 6.45) is 7.34. The van der Waals surface area contributed by atoms with E-state index in [1.54, 1.807) is 18.4 Å². The zero-order valence-corrected chi connectivity index (χ0v) is 13.9. The molecule has 0 saturated heterocycles. The van der Waals surface area contributed by atoms with Crippen LogP contribution < -0.4 is 11.2 Å². The van der Waals surface area contributed by atoms with E-state index < -0.39 is 0 Å². The van der Waals surface area contributed by atoms with Gasteiger partial charge in [0.25, 0.3) is 0 Å². The summed E-state index contributed by atoms with van der Waals surface area (Å²) in [5.74, 6) is 7.01. The summed E-state index contributed by atoms with van der Waals surface area (Å²) in [7, 11) is 0. The molecule has 0 radical (unpaired) electrons. The van der Waals surface area contributed by atoms with Crippen LogP contribution in [0, 0.1) is 0 Å². The molecule has 1 aliphatic rings.